The number of nitrogens with two attached hydrogens (primary N) is 1. The van der Waals surface area contributed by atoms with Gasteiger partial charge in [0.1, 0.15) is 0 Å². The molecule has 0 atom stereocenters. The monoisotopic (exact) mass is 306 g/mol. The van der Waals surface area contributed by atoms with Crippen LogP contribution in [0.5, 0.6) is 0 Å². The van der Waals surface area contributed by atoms with Crippen LogP contribution in [0.4, 0.5) is 0 Å². The first-order chi connectivity index (χ1) is 9.95. The van der Waals surface area contributed by atoms with Crippen LogP contribution in [0, 0.1) is 13.8 Å². The highest BCUT2D eigenvalue weighted by Crippen LogP contribution is 2.12. The van der Waals surface area contributed by atoms with Crippen molar-refractivity contribution in [3.05, 3.63) is 29.1 Å². The van der Waals surface area contributed by atoms with Crippen molar-refractivity contribution in [2.75, 3.05) is 19.6 Å². The van der Waals surface area contributed by atoms with E-state index in [9.17, 15) is 4.79 Å². The minimum absolute atomic E-state index is 0.0344. The van der Waals surface area contributed by atoms with E-state index in [1.54, 1.807) is 0 Å². The van der Waals surface area contributed by atoms with Crippen molar-refractivity contribution < 1.29 is 4.79 Å². The Morgan fingerprint density at radius 1 is 1.43 bits per heavy atom. The van der Waals surface area contributed by atoms with Crippen molar-refractivity contribution in [2.45, 2.75) is 32.7 Å². The summed E-state index contributed by atoms with van der Waals surface area (Å²) >= 11 is 4.92. The first-order valence-corrected chi connectivity index (χ1v) is 7.62. The number of carbonyl (C=O) groups excluding carboxylic acids is 1. The fourth-order valence-corrected chi connectivity index (χ4v) is 2.83. The molecule has 3 N–H and O–H groups in total. The molecule has 114 valence electrons. The second-order valence-electron chi connectivity index (χ2n) is 5.58. The highest BCUT2D eigenvalue weighted by atomic mass is 32.1. The van der Waals surface area contributed by atoms with Gasteiger partial charge in [0.05, 0.1) is 16.2 Å². The number of nitrogens with one attached hydrogen (secondary N) is 1. The number of aryl methyl sites for hydroxylation is 2. The smallest absolute Gasteiger partial charge is 0.253 e. The normalized spacial score (nSPS) is 16.7. The van der Waals surface area contributed by atoms with Gasteiger partial charge in [-0.05, 0) is 38.8 Å². The molecular weight excluding hydrogens is 284 g/mol. The maximum Gasteiger partial charge on any atom is 0.253 e. The summed E-state index contributed by atoms with van der Waals surface area (Å²) < 4.78 is 0. The van der Waals surface area contributed by atoms with Crippen molar-refractivity contribution >= 4 is 23.1 Å². The Bertz CT molecular complexity index is 538. The highest BCUT2D eigenvalue weighted by molar-refractivity contribution is 7.80. The molecular formula is C15H22N4OS. The Hall–Kier alpha value is -1.53. The van der Waals surface area contributed by atoms with Gasteiger partial charge in [-0.1, -0.05) is 12.2 Å². The standard InChI is InChI=1S/C15H22N4OS/c1-10-3-4-13(11(2)17-10)15(20)18-12-5-7-19(8-6-12)9-14(16)21/h3-4,12H,5-9H2,1-2H3,(H2,16,21)(H,18,20). The van der Waals surface area contributed by atoms with E-state index in [1.807, 2.05) is 26.0 Å². The number of hydrogen-bond donors (Lipinski definition) is 2. The van der Waals surface area contributed by atoms with Crippen LogP contribution >= 0.6 is 12.2 Å². The fraction of sp³-hybridized carbons (Fsp3) is 0.533. The molecule has 0 aliphatic carbocycles. The Kier molecular flexibility index (Phi) is 5.25. The molecule has 6 heteroatoms. The van der Waals surface area contributed by atoms with E-state index in [2.05, 4.69) is 15.2 Å². The minimum Gasteiger partial charge on any atom is -0.392 e. The molecule has 1 saturated heterocycles. The second kappa shape index (κ2) is 6.95. The molecule has 2 rings (SSSR count). The topological polar surface area (TPSA) is 71.2 Å². The fourth-order valence-electron chi connectivity index (χ4n) is 2.65. The van der Waals surface area contributed by atoms with Crippen LogP contribution in [-0.2, 0) is 0 Å². The number of carbonyl (C=O) groups is 1. The molecule has 5 nitrogen and oxygen atoms in total. The van der Waals surface area contributed by atoms with Crippen molar-refractivity contribution in [2.24, 2.45) is 5.73 Å². The van der Waals surface area contributed by atoms with Gasteiger partial charge in [-0.3, -0.25) is 14.7 Å². The lowest BCUT2D eigenvalue weighted by molar-refractivity contribution is 0.0914. The molecule has 0 unspecified atom stereocenters. The Morgan fingerprint density at radius 2 is 2.10 bits per heavy atom. The molecule has 0 spiro atoms. The minimum atomic E-state index is -0.0344. The van der Waals surface area contributed by atoms with Crippen LogP contribution < -0.4 is 11.1 Å². The SMILES string of the molecule is Cc1ccc(C(=O)NC2CCN(CC(N)=S)CC2)c(C)n1. The first-order valence-electron chi connectivity index (χ1n) is 7.21. The predicted molar refractivity (Wildman–Crippen MR) is 87.4 cm³/mol. The lowest BCUT2D eigenvalue weighted by atomic mass is 10.0. The van der Waals surface area contributed by atoms with Crippen molar-refractivity contribution in [3.63, 3.8) is 0 Å². The average Bonchev–Trinajstić information content (AvgIpc) is 2.40. The molecule has 1 aliphatic heterocycles. The quantitative estimate of drug-likeness (QED) is 0.817. The number of thiocarbonyl (C=S) groups is 1. The van der Waals surface area contributed by atoms with Crippen LogP contribution in [0.2, 0.25) is 0 Å². The van der Waals surface area contributed by atoms with Crippen LogP contribution in [0.25, 0.3) is 0 Å². The van der Waals surface area contributed by atoms with Gasteiger partial charge in [0.25, 0.3) is 5.91 Å². The zero-order valence-electron chi connectivity index (χ0n) is 12.6. The number of piperidine rings is 1. The van der Waals surface area contributed by atoms with E-state index in [-0.39, 0.29) is 11.9 Å². The van der Waals surface area contributed by atoms with E-state index in [1.165, 1.54) is 0 Å². The molecule has 1 aromatic heterocycles. The van der Waals surface area contributed by atoms with E-state index in [0.717, 1.165) is 37.3 Å². The first kappa shape index (κ1) is 15.9. The number of rotatable bonds is 4. The molecule has 0 aromatic carbocycles. The number of pyridine rings is 1. The van der Waals surface area contributed by atoms with Crippen LogP contribution in [0.15, 0.2) is 12.1 Å². The van der Waals surface area contributed by atoms with Crippen LogP contribution in [0.3, 0.4) is 0 Å². The van der Waals surface area contributed by atoms with Gasteiger partial charge in [-0.15, -0.1) is 0 Å². The summed E-state index contributed by atoms with van der Waals surface area (Å²) in [5.74, 6) is -0.0344. The third-order valence-electron chi connectivity index (χ3n) is 3.77. The van der Waals surface area contributed by atoms with Crippen molar-refractivity contribution in [1.29, 1.82) is 0 Å². The van der Waals surface area contributed by atoms with E-state index in [4.69, 9.17) is 18.0 Å². The van der Waals surface area contributed by atoms with E-state index < -0.39 is 0 Å². The zero-order chi connectivity index (χ0) is 15.4. The molecule has 21 heavy (non-hydrogen) atoms. The Balaban J connectivity index is 1.88. The maximum absolute atomic E-state index is 12.3. The average molecular weight is 306 g/mol. The van der Waals surface area contributed by atoms with Gasteiger partial charge in [0.15, 0.2) is 0 Å². The lowest BCUT2D eigenvalue weighted by Gasteiger charge is -2.32. The van der Waals surface area contributed by atoms with Crippen molar-refractivity contribution in [1.82, 2.24) is 15.2 Å². The summed E-state index contributed by atoms with van der Waals surface area (Å²) in [6.07, 6.45) is 1.85. The van der Waals surface area contributed by atoms with Crippen LogP contribution in [-0.4, -0.2) is 46.5 Å². The van der Waals surface area contributed by atoms with Gasteiger partial charge in [0, 0.05) is 31.4 Å². The second-order valence-corrected chi connectivity index (χ2v) is 6.10. The molecule has 0 radical (unpaired) electrons. The Labute approximate surface area is 130 Å². The summed E-state index contributed by atoms with van der Waals surface area (Å²) in [6, 6.07) is 3.92. The summed E-state index contributed by atoms with van der Waals surface area (Å²) in [6.45, 7) is 6.27. The predicted octanol–water partition coefficient (Wildman–Crippen LogP) is 1.18. The van der Waals surface area contributed by atoms with Crippen molar-refractivity contribution in [3.8, 4) is 0 Å². The molecule has 1 aliphatic rings. The number of aromatic nitrogens is 1. The lowest BCUT2D eigenvalue weighted by Crippen LogP contribution is -2.46. The third kappa shape index (κ3) is 4.47. The zero-order valence-corrected chi connectivity index (χ0v) is 13.4. The van der Waals surface area contributed by atoms with E-state index >= 15 is 0 Å². The highest BCUT2D eigenvalue weighted by Gasteiger charge is 2.22. The molecule has 1 aromatic rings. The van der Waals surface area contributed by atoms with E-state index in [0.29, 0.717) is 17.1 Å². The van der Waals surface area contributed by atoms with Gasteiger partial charge in [-0.2, -0.15) is 0 Å². The van der Waals surface area contributed by atoms with Gasteiger partial charge in [-0.25, -0.2) is 0 Å². The molecule has 1 fully saturated rings. The van der Waals surface area contributed by atoms with Crippen LogP contribution in [0.1, 0.15) is 34.6 Å². The molecule has 2 heterocycles. The number of hydrogen-bond acceptors (Lipinski definition) is 4. The molecule has 0 bridgehead atoms. The van der Waals surface area contributed by atoms with Gasteiger partial charge in [0.2, 0.25) is 0 Å². The molecule has 0 saturated carbocycles. The third-order valence-corrected chi connectivity index (χ3v) is 3.90. The summed E-state index contributed by atoms with van der Waals surface area (Å²) in [4.78, 5) is 19.4. The summed E-state index contributed by atoms with van der Waals surface area (Å²) in [5.41, 5.74) is 7.92. The maximum atomic E-state index is 12.3. The number of amides is 1. The Morgan fingerprint density at radius 3 is 2.67 bits per heavy atom. The van der Waals surface area contributed by atoms with Gasteiger partial charge < -0.3 is 11.1 Å². The summed E-state index contributed by atoms with van der Waals surface area (Å²) in [5, 5.41) is 3.10. The largest absolute Gasteiger partial charge is 0.392 e. The molecule has 1 amide bonds. The number of nitrogens with zero attached hydrogens (tertiary/aromatic N) is 2. The number of likely N-dealkylation sites (tertiary alicyclic amines) is 1. The summed E-state index contributed by atoms with van der Waals surface area (Å²) in [7, 11) is 0. The van der Waals surface area contributed by atoms with Gasteiger partial charge >= 0.3 is 0 Å².